The van der Waals surface area contributed by atoms with Gasteiger partial charge in [-0.1, -0.05) is 37.8 Å². The van der Waals surface area contributed by atoms with Crippen molar-refractivity contribution in [2.75, 3.05) is 0 Å². The Labute approximate surface area is 72.7 Å². The Bertz CT molecular complexity index is 300. The van der Waals surface area contributed by atoms with Crippen molar-refractivity contribution in [1.29, 1.82) is 0 Å². The van der Waals surface area contributed by atoms with Gasteiger partial charge in [-0.25, -0.2) is 0 Å². The number of allylic oxidation sites excluding steroid dienone is 1. The predicted molar refractivity (Wildman–Crippen MR) is 51.2 cm³/mol. The molecule has 1 heteroatoms. The fourth-order valence-electron chi connectivity index (χ4n) is 1.11. The SMILES string of the molecule is C=C(CC)c1ccccc1C=O. The van der Waals surface area contributed by atoms with E-state index in [1.807, 2.05) is 31.2 Å². The number of benzene rings is 1. The van der Waals surface area contributed by atoms with Crippen LogP contribution in [0.4, 0.5) is 0 Å². The van der Waals surface area contributed by atoms with E-state index in [4.69, 9.17) is 0 Å². The zero-order valence-corrected chi connectivity index (χ0v) is 7.21. The second-order valence-electron chi connectivity index (χ2n) is 2.66. The van der Waals surface area contributed by atoms with Gasteiger partial charge < -0.3 is 0 Å². The molecule has 0 bridgehead atoms. The highest BCUT2D eigenvalue weighted by Crippen LogP contribution is 2.18. The van der Waals surface area contributed by atoms with Crippen LogP contribution in [0.2, 0.25) is 0 Å². The molecule has 0 aliphatic rings. The van der Waals surface area contributed by atoms with Gasteiger partial charge in [0.2, 0.25) is 0 Å². The van der Waals surface area contributed by atoms with Crippen LogP contribution in [-0.2, 0) is 0 Å². The molecular weight excluding hydrogens is 148 g/mol. The molecule has 1 nitrogen and oxygen atoms in total. The van der Waals surface area contributed by atoms with Gasteiger partial charge in [-0.2, -0.15) is 0 Å². The average molecular weight is 160 g/mol. The number of carbonyl (C=O) groups excluding carboxylic acids is 1. The maximum atomic E-state index is 10.6. The van der Waals surface area contributed by atoms with E-state index in [-0.39, 0.29) is 0 Å². The molecule has 0 heterocycles. The predicted octanol–water partition coefficient (Wildman–Crippen LogP) is 2.92. The van der Waals surface area contributed by atoms with Crippen LogP contribution in [0.25, 0.3) is 5.57 Å². The lowest BCUT2D eigenvalue weighted by atomic mass is 10.0. The van der Waals surface area contributed by atoms with E-state index in [9.17, 15) is 4.79 Å². The summed E-state index contributed by atoms with van der Waals surface area (Å²) in [5.74, 6) is 0. The van der Waals surface area contributed by atoms with Gasteiger partial charge in [0.1, 0.15) is 0 Å². The minimum absolute atomic E-state index is 0.726. The van der Waals surface area contributed by atoms with Gasteiger partial charge in [0.15, 0.2) is 6.29 Å². The summed E-state index contributed by atoms with van der Waals surface area (Å²) in [6, 6.07) is 7.51. The van der Waals surface area contributed by atoms with E-state index >= 15 is 0 Å². The lowest BCUT2D eigenvalue weighted by Gasteiger charge is -2.04. The van der Waals surface area contributed by atoms with E-state index in [0.717, 1.165) is 29.4 Å². The molecule has 62 valence electrons. The smallest absolute Gasteiger partial charge is 0.150 e. The van der Waals surface area contributed by atoms with Gasteiger partial charge in [-0.15, -0.1) is 0 Å². The normalized spacial score (nSPS) is 9.42. The van der Waals surface area contributed by atoms with Crippen molar-refractivity contribution in [1.82, 2.24) is 0 Å². The molecule has 1 aromatic rings. The molecule has 0 aliphatic heterocycles. The average Bonchev–Trinajstić information content (AvgIpc) is 2.16. The Morgan fingerprint density at radius 3 is 2.75 bits per heavy atom. The molecule has 0 saturated heterocycles. The number of aldehydes is 1. The molecule has 0 aliphatic carbocycles. The maximum absolute atomic E-state index is 10.6. The lowest BCUT2D eigenvalue weighted by molar-refractivity contribution is 0.112. The first-order valence-corrected chi connectivity index (χ1v) is 4.02. The summed E-state index contributed by atoms with van der Waals surface area (Å²) in [7, 11) is 0. The van der Waals surface area contributed by atoms with E-state index in [2.05, 4.69) is 6.58 Å². The molecule has 1 rings (SSSR count). The molecule has 0 N–H and O–H groups in total. The summed E-state index contributed by atoms with van der Waals surface area (Å²) >= 11 is 0. The molecule has 0 fully saturated rings. The standard InChI is InChI=1S/C11H12O/c1-3-9(2)11-7-5-4-6-10(11)8-12/h4-8H,2-3H2,1H3. The highest BCUT2D eigenvalue weighted by atomic mass is 16.1. The summed E-state index contributed by atoms with van der Waals surface area (Å²) in [5.41, 5.74) is 2.71. The molecule has 0 saturated carbocycles. The van der Waals surface area contributed by atoms with E-state index < -0.39 is 0 Å². The Balaban J connectivity index is 3.13. The molecule has 1 aromatic carbocycles. The van der Waals surface area contributed by atoms with E-state index in [1.165, 1.54) is 0 Å². The summed E-state index contributed by atoms with van der Waals surface area (Å²) in [6.45, 7) is 5.92. The maximum Gasteiger partial charge on any atom is 0.150 e. The molecular formula is C11H12O. The second kappa shape index (κ2) is 3.86. The minimum Gasteiger partial charge on any atom is -0.298 e. The zero-order chi connectivity index (χ0) is 8.97. The van der Waals surface area contributed by atoms with Crippen LogP contribution in [0.5, 0.6) is 0 Å². The number of hydrogen-bond donors (Lipinski definition) is 0. The van der Waals surface area contributed by atoms with Crippen LogP contribution in [0.3, 0.4) is 0 Å². The van der Waals surface area contributed by atoms with Gasteiger partial charge in [0.05, 0.1) is 0 Å². The van der Waals surface area contributed by atoms with E-state index in [0.29, 0.717) is 0 Å². The van der Waals surface area contributed by atoms with Crippen molar-refractivity contribution in [2.45, 2.75) is 13.3 Å². The number of rotatable bonds is 3. The minimum atomic E-state index is 0.726. The summed E-state index contributed by atoms with van der Waals surface area (Å²) in [4.78, 5) is 10.6. The summed E-state index contributed by atoms with van der Waals surface area (Å²) in [5, 5.41) is 0. The van der Waals surface area contributed by atoms with Gasteiger partial charge in [0.25, 0.3) is 0 Å². The molecule has 0 atom stereocenters. The molecule has 0 spiro atoms. The largest absolute Gasteiger partial charge is 0.298 e. The number of hydrogen-bond acceptors (Lipinski definition) is 1. The monoisotopic (exact) mass is 160 g/mol. The zero-order valence-electron chi connectivity index (χ0n) is 7.21. The van der Waals surface area contributed by atoms with Gasteiger partial charge >= 0.3 is 0 Å². The quantitative estimate of drug-likeness (QED) is 0.621. The fourth-order valence-corrected chi connectivity index (χ4v) is 1.11. The fraction of sp³-hybridized carbons (Fsp3) is 0.182. The Morgan fingerprint density at radius 1 is 1.50 bits per heavy atom. The Kier molecular flexibility index (Phi) is 2.81. The Hall–Kier alpha value is -1.37. The molecule has 0 unspecified atom stereocenters. The number of carbonyl (C=O) groups is 1. The third kappa shape index (κ3) is 1.62. The summed E-state index contributed by atoms with van der Waals surface area (Å²) < 4.78 is 0. The van der Waals surface area contributed by atoms with Gasteiger partial charge in [0, 0.05) is 5.56 Å². The first-order valence-electron chi connectivity index (χ1n) is 4.02. The topological polar surface area (TPSA) is 17.1 Å². The molecule has 12 heavy (non-hydrogen) atoms. The van der Waals surface area contributed by atoms with Crippen molar-refractivity contribution in [3.05, 3.63) is 42.0 Å². The van der Waals surface area contributed by atoms with E-state index in [1.54, 1.807) is 0 Å². The van der Waals surface area contributed by atoms with Gasteiger partial charge in [-0.3, -0.25) is 4.79 Å². The first kappa shape index (κ1) is 8.72. The first-order chi connectivity index (χ1) is 5.79. The Morgan fingerprint density at radius 2 is 2.17 bits per heavy atom. The van der Waals surface area contributed by atoms with Crippen molar-refractivity contribution < 1.29 is 4.79 Å². The summed E-state index contributed by atoms with van der Waals surface area (Å²) in [6.07, 6.45) is 1.75. The van der Waals surface area contributed by atoms with Crippen molar-refractivity contribution >= 4 is 11.9 Å². The van der Waals surface area contributed by atoms with Gasteiger partial charge in [-0.05, 0) is 17.6 Å². The third-order valence-corrected chi connectivity index (χ3v) is 1.90. The van der Waals surface area contributed by atoms with Crippen LogP contribution in [0.1, 0.15) is 29.3 Å². The third-order valence-electron chi connectivity index (χ3n) is 1.90. The van der Waals surface area contributed by atoms with Crippen LogP contribution in [0, 0.1) is 0 Å². The molecule has 0 amide bonds. The lowest BCUT2D eigenvalue weighted by Crippen LogP contribution is -1.89. The molecule has 0 aromatic heterocycles. The van der Waals surface area contributed by atoms with Crippen LogP contribution in [0.15, 0.2) is 30.8 Å². The van der Waals surface area contributed by atoms with Crippen molar-refractivity contribution in [3.8, 4) is 0 Å². The molecule has 0 radical (unpaired) electrons. The van der Waals surface area contributed by atoms with Crippen LogP contribution in [-0.4, -0.2) is 6.29 Å². The highest BCUT2D eigenvalue weighted by Gasteiger charge is 2.01. The van der Waals surface area contributed by atoms with Crippen LogP contribution < -0.4 is 0 Å². The second-order valence-corrected chi connectivity index (χ2v) is 2.66. The highest BCUT2D eigenvalue weighted by molar-refractivity contribution is 5.84. The van der Waals surface area contributed by atoms with Crippen molar-refractivity contribution in [2.24, 2.45) is 0 Å². The van der Waals surface area contributed by atoms with Crippen molar-refractivity contribution in [3.63, 3.8) is 0 Å². The van der Waals surface area contributed by atoms with Crippen LogP contribution >= 0.6 is 0 Å².